The molecule has 0 aliphatic carbocycles. The van der Waals surface area contributed by atoms with Crippen molar-refractivity contribution in [2.45, 2.75) is 6.04 Å². The summed E-state index contributed by atoms with van der Waals surface area (Å²) in [5.41, 5.74) is 1.79. The SMILES string of the molecule is CN1CCN(C(=O)c2nn(-c3ccccc3)c(=O)c3ccccc23)C(c2ccccc2)C1. The molecule has 0 saturated carbocycles. The van der Waals surface area contributed by atoms with E-state index in [4.69, 9.17) is 0 Å². The van der Waals surface area contributed by atoms with Crippen LogP contribution in [0.15, 0.2) is 89.7 Å². The molecule has 5 rings (SSSR count). The van der Waals surface area contributed by atoms with Gasteiger partial charge in [0.25, 0.3) is 11.5 Å². The van der Waals surface area contributed by atoms with E-state index < -0.39 is 0 Å². The normalized spacial score (nSPS) is 16.9. The molecular formula is C26H24N4O2. The van der Waals surface area contributed by atoms with Crippen molar-refractivity contribution < 1.29 is 4.79 Å². The number of amides is 1. The Hall–Kier alpha value is -3.77. The maximum Gasteiger partial charge on any atom is 0.279 e. The van der Waals surface area contributed by atoms with Gasteiger partial charge in [-0.2, -0.15) is 9.78 Å². The van der Waals surface area contributed by atoms with E-state index in [2.05, 4.69) is 29.2 Å². The zero-order valence-corrected chi connectivity index (χ0v) is 17.9. The number of aromatic nitrogens is 2. The first-order valence-electron chi connectivity index (χ1n) is 10.8. The number of piperazine rings is 1. The number of carbonyl (C=O) groups is 1. The second-order valence-corrected chi connectivity index (χ2v) is 8.13. The first-order chi connectivity index (χ1) is 15.6. The van der Waals surface area contributed by atoms with Gasteiger partial charge in [0.15, 0.2) is 5.69 Å². The molecule has 0 radical (unpaired) electrons. The summed E-state index contributed by atoms with van der Waals surface area (Å²) in [7, 11) is 2.07. The molecule has 1 aromatic heterocycles. The minimum atomic E-state index is -0.235. The maximum atomic E-state index is 13.9. The molecule has 1 atom stereocenters. The maximum absolute atomic E-state index is 13.9. The quantitative estimate of drug-likeness (QED) is 0.505. The average molecular weight is 425 g/mol. The minimum Gasteiger partial charge on any atom is -0.328 e. The minimum absolute atomic E-state index is 0.0832. The van der Waals surface area contributed by atoms with Gasteiger partial charge >= 0.3 is 0 Å². The Kier molecular flexibility index (Phi) is 5.29. The number of benzene rings is 3. The van der Waals surface area contributed by atoms with Crippen LogP contribution in [0.4, 0.5) is 0 Å². The number of rotatable bonds is 3. The van der Waals surface area contributed by atoms with Crippen LogP contribution in [-0.4, -0.2) is 52.2 Å². The number of fused-ring (bicyclic) bond motifs is 1. The third-order valence-electron chi connectivity index (χ3n) is 6.04. The van der Waals surface area contributed by atoms with Gasteiger partial charge in [0, 0.05) is 25.0 Å². The molecule has 0 bridgehead atoms. The van der Waals surface area contributed by atoms with Crippen molar-refractivity contribution in [1.29, 1.82) is 0 Å². The fourth-order valence-corrected chi connectivity index (χ4v) is 4.35. The molecule has 6 nitrogen and oxygen atoms in total. The number of carbonyl (C=O) groups excluding carboxylic acids is 1. The van der Waals surface area contributed by atoms with Gasteiger partial charge in [-0.1, -0.05) is 66.7 Å². The van der Waals surface area contributed by atoms with Crippen molar-refractivity contribution in [1.82, 2.24) is 19.6 Å². The Labute approximate surface area is 186 Å². The molecule has 1 aliphatic rings. The fraction of sp³-hybridized carbons (Fsp3) is 0.192. The highest BCUT2D eigenvalue weighted by molar-refractivity contribution is 6.05. The fourth-order valence-electron chi connectivity index (χ4n) is 4.35. The summed E-state index contributed by atoms with van der Waals surface area (Å²) in [5, 5.41) is 5.66. The number of hydrogen-bond acceptors (Lipinski definition) is 4. The van der Waals surface area contributed by atoms with Crippen molar-refractivity contribution in [2.24, 2.45) is 0 Å². The van der Waals surface area contributed by atoms with E-state index in [1.54, 1.807) is 12.1 Å². The Morgan fingerprint density at radius 3 is 2.19 bits per heavy atom. The Morgan fingerprint density at radius 2 is 1.47 bits per heavy atom. The summed E-state index contributed by atoms with van der Waals surface area (Å²) < 4.78 is 1.34. The number of hydrogen-bond donors (Lipinski definition) is 0. The molecule has 1 fully saturated rings. The van der Waals surface area contributed by atoms with Crippen LogP contribution in [0.2, 0.25) is 0 Å². The van der Waals surface area contributed by atoms with Gasteiger partial charge in [0.2, 0.25) is 0 Å². The lowest BCUT2D eigenvalue weighted by molar-refractivity contribution is 0.0492. The highest BCUT2D eigenvalue weighted by Crippen LogP contribution is 2.27. The lowest BCUT2D eigenvalue weighted by Gasteiger charge is -2.40. The largest absolute Gasteiger partial charge is 0.328 e. The molecule has 160 valence electrons. The number of likely N-dealkylation sites (N-methyl/N-ethyl adjacent to an activating group) is 1. The summed E-state index contributed by atoms with van der Waals surface area (Å²) in [6, 6.07) is 26.4. The van der Waals surface area contributed by atoms with E-state index in [9.17, 15) is 9.59 Å². The van der Waals surface area contributed by atoms with E-state index in [1.807, 2.05) is 65.6 Å². The van der Waals surface area contributed by atoms with Crippen LogP contribution >= 0.6 is 0 Å². The van der Waals surface area contributed by atoms with Crippen molar-refractivity contribution in [2.75, 3.05) is 26.7 Å². The predicted molar refractivity (Wildman–Crippen MR) is 125 cm³/mol. The Bertz CT molecular complexity index is 1320. The smallest absolute Gasteiger partial charge is 0.279 e. The zero-order chi connectivity index (χ0) is 22.1. The van der Waals surface area contributed by atoms with Gasteiger partial charge in [-0.3, -0.25) is 9.59 Å². The highest BCUT2D eigenvalue weighted by atomic mass is 16.2. The van der Waals surface area contributed by atoms with Gasteiger partial charge in [-0.05, 0) is 30.8 Å². The second-order valence-electron chi connectivity index (χ2n) is 8.13. The van der Waals surface area contributed by atoms with Crippen molar-refractivity contribution >= 4 is 16.7 Å². The third kappa shape index (κ3) is 3.59. The van der Waals surface area contributed by atoms with Crippen molar-refractivity contribution in [3.8, 4) is 5.69 Å². The van der Waals surface area contributed by atoms with Gasteiger partial charge in [-0.25, -0.2) is 0 Å². The second kappa shape index (κ2) is 8.40. The molecule has 3 aromatic carbocycles. The molecule has 2 heterocycles. The van der Waals surface area contributed by atoms with Crippen LogP contribution in [0.3, 0.4) is 0 Å². The molecular weight excluding hydrogens is 400 g/mol. The molecule has 0 spiro atoms. The van der Waals surface area contributed by atoms with Crippen LogP contribution in [0.25, 0.3) is 16.5 Å². The predicted octanol–water partition coefficient (Wildman–Crippen LogP) is 3.51. The molecule has 1 amide bonds. The first-order valence-corrected chi connectivity index (χ1v) is 10.8. The van der Waals surface area contributed by atoms with Gasteiger partial charge in [-0.15, -0.1) is 0 Å². The van der Waals surface area contributed by atoms with Gasteiger partial charge in [0.1, 0.15) is 0 Å². The van der Waals surface area contributed by atoms with Crippen LogP contribution < -0.4 is 5.56 Å². The summed E-state index contributed by atoms with van der Waals surface area (Å²) in [4.78, 5) is 31.2. The molecule has 0 N–H and O–H groups in total. The van der Waals surface area contributed by atoms with E-state index in [0.29, 0.717) is 28.7 Å². The summed E-state index contributed by atoms with van der Waals surface area (Å²) in [6.45, 7) is 2.12. The Morgan fingerprint density at radius 1 is 0.844 bits per heavy atom. The summed E-state index contributed by atoms with van der Waals surface area (Å²) in [5.74, 6) is -0.159. The standard InChI is InChI=1S/C26H24N4O2/c1-28-16-17-29(23(18-28)19-10-4-2-5-11-19)26(32)24-21-14-8-9-15-22(21)25(31)30(27-24)20-12-6-3-7-13-20/h2-15,23H,16-18H2,1H3. The van der Waals surface area contributed by atoms with E-state index in [-0.39, 0.29) is 17.5 Å². The van der Waals surface area contributed by atoms with E-state index in [0.717, 1.165) is 18.7 Å². The topological polar surface area (TPSA) is 58.4 Å². The van der Waals surface area contributed by atoms with Crippen LogP contribution in [0.1, 0.15) is 22.1 Å². The van der Waals surface area contributed by atoms with E-state index in [1.165, 1.54) is 4.68 Å². The molecule has 6 heteroatoms. The lowest BCUT2D eigenvalue weighted by Crippen LogP contribution is -2.49. The van der Waals surface area contributed by atoms with Crippen molar-refractivity contribution in [3.63, 3.8) is 0 Å². The average Bonchev–Trinajstić information content (AvgIpc) is 2.85. The molecule has 1 aliphatic heterocycles. The van der Waals surface area contributed by atoms with Gasteiger partial charge in [0.05, 0.1) is 17.1 Å². The monoisotopic (exact) mass is 424 g/mol. The number of nitrogens with zero attached hydrogens (tertiary/aromatic N) is 4. The van der Waals surface area contributed by atoms with Crippen LogP contribution in [0, 0.1) is 0 Å². The lowest BCUT2D eigenvalue weighted by atomic mass is 10.0. The summed E-state index contributed by atoms with van der Waals surface area (Å²) >= 11 is 0. The van der Waals surface area contributed by atoms with Crippen LogP contribution in [-0.2, 0) is 0 Å². The first kappa shape index (κ1) is 20.2. The summed E-state index contributed by atoms with van der Waals surface area (Å²) in [6.07, 6.45) is 0. The zero-order valence-electron chi connectivity index (χ0n) is 17.9. The van der Waals surface area contributed by atoms with E-state index >= 15 is 0 Å². The Balaban J connectivity index is 1.66. The van der Waals surface area contributed by atoms with Crippen LogP contribution in [0.5, 0.6) is 0 Å². The highest BCUT2D eigenvalue weighted by Gasteiger charge is 2.33. The van der Waals surface area contributed by atoms with Gasteiger partial charge < -0.3 is 9.80 Å². The molecule has 4 aromatic rings. The number of para-hydroxylation sites is 1. The molecule has 1 saturated heterocycles. The molecule has 1 unspecified atom stereocenters. The van der Waals surface area contributed by atoms with Crippen molar-refractivity contribution in [3.05, 3.63) is 107 Å². The third-order valence-corrected chi connectivity index (χ3v) is 6.04. The molecule has 32 heavy (non-hydrogen) atoms.